The number of anilines is 1. The number of piperazine rings is 1. The van der Waals surface area contributed by atoms with Crippen LogP contribution in [0.3, 0.4) is 0 Å². The van der Waals surface area contributed by atoms with Crippen molar-refractivity contribution >= 4 is 29.0 Å². The third kappa shape index (κ3) is 5.29. The minimum absolute atomic E-state index is 0.00571. The standard InChI is InChI=1S/C19H24N4O2S/c24-18(21-15-16-5-4-14-26-16)7-3-8-19(25)23-12-10-22(11-13-23)17-6-1-2-9-20-17/h1-2,4-6,9,14H,3,7-8,10-13,15H2,(H,21,24). The van der Waals surface area contributed by atoms with Gasteiger partial charge < -0.3 is 15.1 Å². The zero-order valence-electron chi connectivity index (χ0n) is 14.8. The van der Waals surface area contributed by atoms with Gasteiger partial charge in [0.2, 0.25) is 11.8 Å². The van der Waals surface area contributed by atoms with Crippen LogP contribution in [0, 0.1) is 0 Å². The maximum absolute atomic E-state index is 12.3. The van der Waals surface area contributed by atoms with E-state index in [2.05, 4.69) is 15.2 Å². The van der Waals surface area contributed by atoms with Gasteiger partial charge in [-0.05, 0) is 30.0 Å². The van der Waals surface area contributed by atoms with Crippen LogP contribution in [-0.2, 0) is 16.1 Å². The van der Waals surface area contributed by atoms with Gasteiger partial charge in [0.05, 0.1) is 6.54 Å². The van der Waals surface area contributed by atoms with Crippen molar-refractivity contribution in [3.63, 3.8) is 0 Å². The van der Waals surface area contributed by atoms with Crippen molar-refractivity contribution in [1.29, 1.82) is 0 Å². The lowest BCUT2D eigenvalue weighted by Crippen LogP contribution is -2.49. The summed E-state index contributed by atoms with van der Waals surface area (Å²) in [4.78, 5) is 33.8. The highest BCUT2D eigenvalue weighted by molar-refractivity contribution is 7.09. The molecule has 0 bridgehead atoms. The molecule has 1 N–H and O–H groups in total. The van der Waals surface area contributed by atoms with Gasteiger partial charge >= 0.3 is 0 Å². The number of hydrogen-bond donors (Lipinski definition) is 1. The van der Waals surface area contributed by atoms with Gasteiger partial charge in [-0.3, -0.25) is 9.59 Å². The molecule has 138 valence electrons. The second-order valence-electron chi connectivity index (χ2n) is 6.27. The number of carbonyl (C=O) groups is 2. The van der Waals surface area contributed by atoms with Crippen molar-refractivity contribution in [3.05, 3.63) is 46.8 Å². The average Bonchev–Trinajstić information content (AvgIpc) is 3.21. The molecule has 0 spiro atoms. The summed E-state index contributed by atoms with van der Waals surface area (Å²) in [6.07, 6.45) is 3.20. The predicted molar refractivity (Wildman–Crippen MR) is 103 cm³/mol. The molecule has 3 heterocycles. The van der Waals surface area contributed by atoms with Gasteiger partial charge in [-0.15, -0.1) is 11.3 Å². The Labute approximate surface area is 157 Å². The molecule has 1 aliphatic rings. The fraction of sp³-hybridized carbons (Fsp3) is 0.421. The van der Waals surface area contributed by atoms with Crippen molar-refractivity contribution in [1.82, 2.24) is 15.2 Å². The van der Waals surface area contributed by atoms with Gasteiger partial charge in [0.25, 0.3) is 0 Å². The first-order valence-electron chi connectivity index (χ1n) is 8.95. The molecule has 1 saturated heterocycles. The molecule has 1 aliphatic heterocycles. The number of aromatic nitrogens is 1. The Kier molecular flexibility index (Phi) is 6.60. The van der Waals surface area contributed by atoms with Crippen LogP contribution >= 0.6 is 11.3 Å². The van der Waals surface area contributed by atoms with Crippen LogP contribution < -0.4 is 10.2 Å². The van der Waals surface area contributed by atoms with Crippen LogP contribution in [0.4, 0.5) is 5.82 Å². The molecule has 1 fully saturated rings. The number of pyridine rings is 1. The highest BCUT2D eigenvalue weighted by Gasteiger charge is 2.21. The van der Waals surface area contributed by atoms with Gasteiger partial charge in [0, 0.05) is 50.1 Å². The Morgan fingerprint density at radius 1 is 1.08 bits per heavy atom. The van der Waals surface area contributed by atoms with E-state index >= 15 is 0 Å². The molecule has 0 radical (unpaired) electrons. The van der Waals surface area contributed by atoms with Crippen LogP contribution in [-0.4, -0.2) is 47.9 Å². The van der Waals surface area contributed by atoms with Crippen LogP contribution in [0.2, 0.25) is 0 Å². The van der Waals surface area contributed by atoms with Crippen molar-refractivity contribution in [3.8, 4) is 0 Å². The summed E-state index contributed by atoms with van der Waals surface area (Å²) in [6.45, 7) is 3.58. The summed E-state index contributed by atoms with van der Waals surface area (Å²) in [6, 6.07) is 9.84. The van der Waals surface area contributed by atoms with Crippen LogP contribution in [0.5, 0.6) is 0 Å². The summed E-state index contributed by atoms with van der Waals surface area (Å²) < 4.78 is 0. The average molecular weight is 372 g/mol. The summed E-state index contributed by atoms with van der Waals surface area (Å²) in [5.41, 5.74) is 0. The summed E-state index contributed by atoms with van der Waals surface area (Å²) in [5, 5.41) is 4.89. The number of nitrogens with zero attached hydrogens (tertiary/aromatic N) is 3. The molecule has 6 nitrogen and oxygen atoms in total. The number of hydrogen-bond acceptors (Lipinski definition) is 5. The zero-order chi connectivity index (χ0) is 18.2. The van der Waals surface area contributed by atoms with Crippen LogP contribution in [0.15, 0.2) is 41.9 Å². The lowest BCUT2D eigenvalue weighted by molar-refractivity contribution is -0.131. The first-order valence-corrected chi connectivity index (χ1v) is 9.83. The Morgan fingerprint density at radius 2 is 1.92 bits per heavy atom. The van der Waals surface area contributed by atoms with Crippen molar-refractivity contribution in [2.24, 2.45) is 0 Å². The van der Waals surface area contributed by atoms with E-state index in [4.69, 9.17) is 0 Å². The number of nitrogens with one attached hydrogen (secondary N) is 1. The largest absolute Gasteiger partial charge is 0.353 e. The minimum atomic E-state index is 0.00571. The van der Waals surface area contributed by atoms with E-state index in [1.807, 2.05) is 40.6 Å². The minimum Gasteiger partial charge on any atom is -0.353 e. The fourth-order valence-corrected chi connectivity index (χ4v) is 3.62. The number of amides is 2. The van der Waals surface area contributed by atoms with Gasteiger partial charge in [0.1, 0.15) is 5.82 Å². The van der Waals surface area contributed by atoms with Gasteiger partial charge in [-0.25, -0.2) is 4.98 Å². The third-order valence-corrected chi connectivity index (χ3v) is 5.32. The monoisotopic (exact) mass is 372 g/mol. The van der Waals surface area contributed by atoms with E-state index in [1.165, 1.54) is 0 Å². The molecule has 0 saturated carbocycles. The molecule has 2 aromatic heterocycles. The van der Waals surface area contributed by atoms with Gasteiger partial charge in [0.15, 0.2) is 0 Å². The molecule has 0 aromatic carbocycles. The smallest absolute Gasteiger partial charge is 0.222 e. The van der Waals surface area contributed by atoms with Crippen LogP contribution in [0.25, 0.3) is 0 Å². The van der Waals surface area contributed by atoms with Crippen LogP contribution in [0.1, 0.15) is 24.1 Å². The molecule has 0 atom stereocenters. The van der Waals surface area contributed by atoms with E-state index < -0.39 is 0 Å². The quantitative estimate of drug-likeness (QED) is 0.810. The highest BCUT2D eigenvalue weighted by atomic mass is 32.1. The summed E-state index contributed by atoms with van der Waals surface area (Å²) >= 11 is 1.63. The summed E-state index contributed by atoms with van der Waals surface area (Å²) in [7, 11) is 0. The number of carbonyl (C=O) groups excluding carboxylic acids is 2. The SMILES string of the molecule is O=C(CCCC(=O)N1CCN(c2ccccn2)CC1)NCc1cccs1. The van der Waals surface area contributed by atoms with E-state index in [1.54, 1.807) is 17.5 Å². The maximum Gasteiger partial charge on any atom is 0.222 e. The van der Waals surface area contributed by atoms with E-state index in [9.17, 15) is 9.59 Å². The molecule has 0 unspecified atom stereocenters. The molecule has 2 amide bonds. The van der Waals surface area contributed by atoms with Crippen molar-refractivity contribution in [2.45, 2.75) is 25.8 Å². The first-order chi connectivity index (χ1) is 12.7. The van der Waals surface area contributed by atoms with Gasteiger partial charge in [-0.2, -0.15) is 0 Å². The van der Waals surface area contributed by atoms with E-state index in [0.29, 0.717) is 38.9 Å². The molecule has 3 rings (SSSR count). The van der Waals surface area contributed by atoms with Crippen molar-refractivity contribution in [2.75, 3.05) is 31.1 Å². The Balaban J connectivity index is 1.32. The fourth-order valence-electron chi connectivity index (χ4n) is 2.97. The van der Waals surface area contributed by atoms with Gasteiger partial charge in [-0.1, -0.05) is 12.1 Å². The number of thiophene rings is 1. The Bertz CT molecular complexity index is 698. The second-order valence-corrected chi connectivity index (χ2v) is 7.30. The highest BCUT2D eigenvalue weighted by Crippen LogP contribution is 2.13. The van der Waals surface area contributed by atoms with E-state index in [-0.39, 0.29) is 11.8 Å². The summed E-state index contributed by atoms with van der Waals surface area (Å²) in [5.74, 6) is 1.10. The third-order valence-electron chi connectivity index (χ3n) is 4.44. The zero-order valence-corrected chi connectivity index (χ0v) is 15.6. The normalized spacial score (nSPS) is 14.3. The predicted octanol–water partition coefficient (Wildman–Crippen LogP) is 2.28. The molecular weight excluding hydrogens is 348 g/mol. The molecule has 26 heavy (non-hydrogen) atoms. The second kappa shape index (κ2) is 9.33. The Morgan fingerprint density at radius 3 is 2.62 bits per heavy atom. The molecule has 7 heteroatoms. The lowest BCUT2D eigenvalue weighted by Gasteiger charge is -2.35. The molecule has 0 aliphatic carbocycles. The molecule has 2 aromatic rings. The maximum atomic E-state index is 12.3. The first kappa shape index (κ1) is 18.4. The lowest BCUT2D eigenvalue weighted by atomic mass is 10.2. The topological polar surface area (TPSA) is 65.5 Å². The number of rotatable bonds is 7. The molecular formula is C19H24N4O2S. The Hall–Kier alpha value is -2.41. The van der Waals surface area contributed by atoms with E-state index in [0.717, 1.165) is 23.8 Å². The van der Waals surface area contributed by atoms with Crippen molar-refractivity contribution < 1.29 is 9.59 Å².